The summed E-state index contributed by atoms with van der Waals surface area (Å²) in [6, 6.07) is 19.2. The van der Waals surface area contributed by atoms with Crippen LogP contribution in [0.2, 0.25) is 0 Å². The Balaban J connectivity index is 1.72. The lowest BCUT2D eigenvalue weighted by Gasteiger charge is -2.25. The zero-order chi connectivity index (χ0) is 25.0. The van der Waals surface area contributed by atoms with Crippen molar-refractivity contribution in [3.63, 3.8) is 0 Å². The third-order valence-electron chi connectivity index (χ3n) is 5.80. The number of benzene rings is 3. The van der Waals surface area contributed by atoms with E-state index in [4.69, 9.17) is 4.74 Å². The van der Waals surface area contributed by atoms with Crippen molar-refractivity contribution in [1.82, 2.24) is 4.98 Å². The number of rotatable bonds is 9. The van der Waals surface area contributed by atoms with E-state index in [0.717, 1.165) is 10.9 Å². The third-order valence-corrected chi connectivity index (χ3v) is 7.19. The van der Waals surface area contributed by atoms with Crippen LogP contribution in [0.25, 0.3) is 10.9 Å². The number of sulfonamides is 1. The normalized spacial score (nSPS) is 11.3. The van der Waals surface area contributed by atoms with Crippen molar-refractivity contribution in [3.8, 4) is 5.75 Å². The lowest BCUT2D eigenvalue weighted by atomic mass is 10.1. The van der Waals surface area contributed by atoms with Crippen LogP contribution in [0.4, 0.5) is 17.1 Å². The zero-order valence-electron chi connectivity index (χ0n) is 19.8. The SMILES string of the molecule is CCN(CC)c1ccc(NC(=O)c2c[nH]c3ccccc23)cc1S(=O)(=O)Nc1ccccc1OC. The minimum Gasteiger partial charge on any atom is -0.495 e. The molecule has 0 radical (unpaired) electrons. The number of ether oxygens (including phenoxy) is 1. The summed E-state index contributed by atoms with van der Waals surface area (Å²) < 4.78 is 35.0. The number of aromatic amines is 1. The second kappa shape index (κ2) is 10.1. The van der Waals surface area contributed by atoms with Gasteiger partial charge in [-0.05, 0) is 50.2 Å². The molecule has 0 saturated heterocycles. The first-order valence-electron chi connectivity index (χ1n) is 11.3. The fourth-order valence-electron chi connectivity index (χ4n) is 4.02. The van der Waals surface area contributed by atoms with Crippen LogP contribution in [0.5, 0.6) is 5.75 Å². The van der Waals surface area contributed by atoms with Crippen molar-refractivity contribution < 1.29 is 17.9 Å². The second-order valence-electron chi connectivity index (χ2n) is 7.86. The number of hydrogen-bond acceptors (Lipinski definition) is 5. The average Bonchev–Trinajstić information content (AvgIpc) is 3.30. The van der Waals surface area contributed by atoms with Gasteiger partial charge in [-0.1, -0.05) is 30.3 Å². The van der Waals surface area contributed by atoms with Crippen LogP contribution in [-0.2, 0) is 10.0 Å². The number of amides is 1. The van der Waals surface area contributed by atoms with Gasteiger partial charge in [0.2, 0.25) is 0 Å². The molecule has 8 nitrogen and oxygen atoms in total. The molecule has 1 heterocycles. The van der Waals surface area contributed by atoms with E-state index in [1.165, 1.54) is 13.2 Å². The van der Waals surface area contributed by atoms with E-state index in [9.17, 15) is 13.2 Å². The Bertz CT molecular complexity index is 1460. The molecule has 182 valence electrons. The Kier molecular flexibility index (Phi) is 6.97. The number of H-pyrrole nitrogens is 1. The van der Waals surface area contributed by atoms with Gasteiger partial charge in [0.1, 0.15) is 10.6 Å². The lowest BCUT2D eigenvalue weighted by molar-refractivity contribution is 0.102. The van der Waals surface area contributed by atoms with E-state index in [-0.39, 0.29) is 10.8 Å². The highest BCUT2D eigenvalue weighted by atomic mass is 32.2. The van der Waals surface area contributed by atoms with Gasteiger partial charge in [-0.2, -0.15) is 0 Å². The highest BCUT2D eigenvalue weighted by Gasteiger charge is 2.24. The molecule has 0 aliphatic carbocycles. The van der Waals surface area contributed by atoms with Crippen molar-refractivity contribution in [2.75, 3.05) is 35.1 Å². The number of carbonyl (C=O) groups excluding carboxylic acids is 1. The van der Waals surface area contributed by atoms with Crippen molar-refractivity contribution in [2.24, 2.45) is 0 Å². The molecule has 3 N–H and O–H groups in total. The summed E-state index contributed by atoms with van der Waals surface area (Å²) in [7, 11) is -2.54. The number of para-hydroxylation sites is 3. The summed E-state index contributed by atoms with van der Waals surface area (Å²) in [4.78, 5) is 18.1. The zero-order valence-corrected chi connectivity index (χ0v) is 20.6. The molecule has 1 amide bonds. The van der Waals surface area contributed by atoms with Gasteiger partial charge in [-0.15, -0.1) is 0 Å². The first kappa shape index (κ1) is 24.2. The number of fused-ring (bicyclic) bond motifs is 1. The molecule has 0 fully saturated rings. The minimum absolute atomic E-state index is 0.0591. The Morgan fingerprint density at radius 1 is 1.00 bits per heavy atom. The molecule has 0 aliphatic heterocycles. The molecule has 0 bridgehead atoms. The fraction of sp³-hybridized carbons (Fsp3) is 0.192. The van der Waals surface area contributed by atoms with Crippen molar-refractivity contribution in [3.05, 3.63) is 78.5 Å². The van der Waals surface area contributed by atoms with E-state index >= 15 is 0 Å². The summed E-state index contributed by atoms with van der Waals surface area (Å²) >= 11 is 0. The number of methoxy groups -OCH3 is 1. The van der Waals surface area contributed by atoms with Crippen LogP contribution >= 0.6 is 0 Å². The maximum Gasteiger partial charge on any atom is 0.264 e. The Hall–Kier alpha value is -3.98. The van der Waals surface area contributed by atoms with Crippen LogP contribution < -0.4 is 19.7 Å². The molecule has 4 aromatic rings. The van der Waals surface area contributed by atoms with Gasteiger partial charge in [-0.25, -0.2) is 8.42 Å². The summed E-state index contributed by atoms with van der Waals surface area (Å²) in [5, 5.41) is 3.63. The standard InChI is InChI=1S/C26H28N4O4S/c1-4-30(5-2)23-15-14-18(28-26(31)20-17-27-21-11-7-6-10-19(20)21)16-25(23)35(32,33)29-22-12-8-9-13-24(22)34-3/h6-17,27,29H,4-5H2,1-3H3,(H,28,31). The first-order chi connectivity index (χ1) is 16.9. The number of nitrogens with one attached hydrogen (secondary N) is 3. The number of nitrogens with zero attached hydrogens (tertiary/aromatic N) is 1. The summed E-state index contributed by atoms with van der Waals surface area (Å²) in [6.07, 6.45) is 1.64. The third kappa shape index (κ3) is 4.95. The predicted molar refractivity (Wildman–Crippen MR) is 140 cm³/mol. The molecule has 1 aromatic heterocycles. The topological polar surface area (TPSA) is 104 Å². The van der Waals surface area contributed by atoms with Gasteiger partial charge in [0.05, 0.1) is 24.0 Å². The summed E-state index contributed by atoms with van der Waals surface area (Å²) in [6.45, 7) is 5.16. The predicted octanol–water partition coefficient (Wildman–Crippen LogP) is 5.08. The van der Waals surface area contributed by atoms with Gasteiger partial charge in [0, 0.05) is 35.9 Å². The molecule has 3 aromatic carbocycles. The van der Waals surface area contributed by atoms with Gasteiger partial charge in [0.15, 0.2) is 0 Å². The van der Waals surface area contributed by atoms with Crippen molar-refractivity contribution >= 4 is 43.9 Å². The van der Waals surface area contributed by atoms with Gasteiger partial charge >= 0.3 is 0 Å². The molecular formula is C26H28N4O4S. The van der Waals surface area contributed by atoms with E-state index in [1.807, 2.05) is 43.0 Å². The van der Waals surface area contributed by atoms with E-state index in [2.05, 4.69) is 15.0 Å². The molecule has 9 heteroatoms. The summed E-state index contributed by atoms with van der Waals surface area (Å²) in [5.41, 5.74) is 2.57. The molecule has 4 rings (SSSR count). The highest BCUT2D eigenvalue weighted by molar-refractivity contribution is 7.93. The summed E-state index contributed by atoms with van der Waals surface area (Å²) in [5.74, 6) is 0.0725. The lowest BCUT2D eigenvalue weighted by Crippen LogP contribution is -2.26. The molecule has 0 spiro atoms. The minimum atomic E-state index is -4.02. The molecule has 0 atom stereocenters. The molecule has 0 aliphatic rings. The molecule has 0 saturated carbocycles. The van der Waals surface area contributed by atoms with Crippen molar-refractivity contribution in [2.45, 2.75) is 18.7 Å². The second-order valence-corrected chi connectivity index (χ2v) is 9.51. The molecule has 35 heavy (non-hydrogen) atoms. The number of carbonyl (C=O) groups is 1. The van der Waals surface area contributed by atoms with Crippen LogP contribution in [0, 0.1) is 0 Å². The highest BCUT2D eigenvalue weighted by Crippen LogP contribution is 2.33. The van der Waals surface area contributed by atoms with Gasteiger partial charge in [0.25, 0.3) is 15.9 Å². The van der Waals surface area contributed by atoms with Crippen LogP contribution in [0.1, 0.15) is 24.2 Å². The Morgan fingerprint density at radius 2 is 1.71 bits per heavy atom. The maximum atomic E-state index is 13.6. The number of hydrogen-bond donors (Lipinski definition) is 3. The van der Waals surface area contributed by atoms with E-state index in [1.54, 1.807) is 42.6 Å². The molecular weight excluding hydrogens is 464 g/mol. The van der Waals surface area contributed by atoms with Crippen LogP contribution in [-0.4, -0.2) is 39.5 Å². The Morgan fingerprint density at radius 3 is 2.46 bits per heavy atom. The average molecular weight is 493 g/mol. The van der Waals surface area contributed by atoms with Gasteiger partial charge in [-0.3, -0.25) is 9.52 Å². The van der Waals surface area contributed by atoms with Crippen molar-refractivity contribution in [1.29, 1.82) is 0 Å². The maximum absolute atomic E-state index is 13.6. The van der Waals surface area contributed by atoms with Gasteiger partial charge < -0.3 is 19.9 Å². The Labute approximate surface area is 205 Å². The number of aromatic nitrogens is 1. The van der Waals surface area contributed by atoms with E-state index < -0.39 is 10.0 Å². The van der Waals surface area contributed by atoms with Crippen LogP contribution in [0.3, 0.4) is 0 Å². The number of anilines is 3. The van der Waals surface area contributed by atoms with E-state index in [0.29, 0.717) is 41.5 Å². The molecule has 0 unspecified atom stereocenters. The largest absolute Gasteiger partial charge is 0.495 e. The quantitative estimate of drug-likeness (QED) is 0.302. The van der Waals surface area contributed by atoms with Crippen LogP contribution in [0.15, 0.2) is 77.8 Å². The smallest absolute Gasteiger partial charge is 0.264 e. The monoisotopic (exact) mass is 492 g/mol. The first-order valence-corrected chi connectivity index (χ1v) is 12.8. The fourth-order valence-corrected chi connectivity index (χ4v) is 5.34.